The Balaban J connectivity index is 2.80. The van der Waals surface area contributed by atoms with Crippen molar-refractivity contribution < 1.29 is 16.8 Å². The molecule has 1 heterocycles. The molecule has 0 aromatic rings. The molecule has 0 radical (unpaired) electrons. The predicted octanol–water partition coefficient (Wildman–Crippen LogP) is -0.275. The Morgan fingerprint density at radius 1 is 1.29 bits per heavy atom. The summed E-state index contributed by atoms with van der Waals surface area (Å²) in [6.45, 7) is 4.02. The maximum atomic E-state index is 12.0. The monoisotopic (exact) mass is 284 g/mol. The SMILES string of the molecule is CC(C)CS(=O)(=O)N1CCCC(S(N)(=O)=O)C1. The third kappa shape index (κ3) is 4.20. The molecule has 2 N–H and O–H groups in total. The summed E-state index contributed by atoms with van der Waals surface area (Å²) >= 11 is 0. The predicted molar refractivity (Wildman–Crippen MR) is 66.3 cm³/mol. The van der Waals surface area contributed by atoms with E-state index >= 15 is 0 Å². The van der Waals surface area contributed by atoms with Crippen LogP contribution < -0.4 is 5.14 Å². The van der Waals surface area contributed by atoms with Gasteiger partial charge in [-0.3, -0.25) is 0 Å². The number of nitrogens with two attached hydrogens (primary N) is 1. The van der Waals surface area contributed by atoms with E-state index in [-0.39, 0.29) is 18.2 Å². The second-order valence-electron chi connectivity index (χ2n) is 4.88. The van der Waals surface area contributed by atoms with Crippen LogP contribution in [0, 0.1) is 5.92 Å². The molecule has 0 saturated carbocycles. The quantitative estimate of drug-likeness (QED) is 0.768. The molecular weight excluding hydrogens is 264 g/mol. The summed E-state index contributed by atoms with van der Waals surface area (Å²) in [7, 11) is -7.02. The molecule has 1 rings (SSSR count). The lowest BCUT2D eigenvalue weighted by molar-refractivity contribution is 0.344. The van der Waals surface area contributed by atoms with Crippen LogP contribution in [0.25, 0.3) is 0 Å². The van der Waals surface area contributed by atoms with E-state index in [1.807, 2.05) is 13.8 Å². The molecule has 1 unspecified atom stereocenters. The molecule has 0 spiro atoms. The molecule has 1 fully saturated rings. The first kappa shape index (κ1) is 14.9. The Kier molecular flexibility index (Phi) is 4.56. The number of nitrogens with zero attached hydrogens (tertiary/aromatic N) is 1. The average molecular weight is 284 g/mol. The molecule has 0 aliphatic carbocycles. The summed E-state index contributed by atoms with van der Waals surface area (Å²) < 4.78 is 47.6. The van der Waals surface area contributed by atoms with Crippen molar-refractivity contribution in [2.45, 2.75) is 31.9 Å². The van der Waals surface area contributed by atoms with E-state index in [4.69, 9.17) is 5.14 Å². The van der Waals surface area contributed by atoms with Crippen LogP contribution in [0.1, 0.15) is 26.7 Å². The highest BCUT2D eigenvalue weighted by Gasteiger charge is 2.33. The van der Waals surface area contributed by atoms with Crippen LogP contribution in [0.4, 0.5) is 0 Å². The molecule has 0 bridgehead atoms. The van der Waals surface area contributed by atoms with Crippen molar-refractivity contribution in [1.29, 1.82) is 0 Å². The van der Waals surface area contributed by atoms with Crippen LogP contribution in [0.5, 0.6) is 0 Å². The van der Waals surface area contributed by atoms with Crippen LogP contribution in [-0.4, -0.2) is 45.2 Å². The van der Waals surface area contributed by atoms with Crippen LogP contribution in [-0.2, 0) is 20.0 Å². The summed E-state index contributed by atoms with van der Waals surface area (Å²) in [5.74, 6) is 0.0690. The average Bonchev–Trinajstić information content (AvgIpc) is 2.14. The largest absolute Gasteiger partial charge is 0.228 e. The lowest BCUT2D eigenvalue weighted by Crippen LogP contribution is -2.48. The molecule has 1 aliphatic rings. The van der Waals surface area contributed by atoms with Crippen molar-refractivity contribution in [3.8, 4) is 0 Å². The molecule has 1 saturated heterocycles. The van der Waals surface area contributed by atoms with Crippen molar-refractivity contribution in [2.75, 3.05) is 18.8 Å². The van der Waals surface area contributed by atoms with Crippen LogP contribution in [0.3, 0.4) is 0 Å². The normalized spacial score (nSPS) is 24.1. The minimum Gasteiger partial charge on any atom is -0.228 e. The first-order valence-electron chi connectivity index (χ1n) is 5.62. The van der Waals surface area contributed by atoms with Gasteiger partial charge in [0, 0.05) is 13.1 Å². The van der Waals surface area contributed by atoms with E-state index in [1.165, 1.54) is 4.31 Å². The second kappa shape index (κ2) is 5.21. The number of piperidine rings is 1. The topological polar surface area (TPSA) is 97.5 Å². The number of hydrogen-bond donors (Lipinski definition) is 1. The highest BCUT2D eigenvalue weighted by atomic mass is 32.2. The minimum atomic E-state index is -3.65. The van der Waals surface area contributed by atoms with E-state index in [0.717, 1.165) is 0 Å². The van der Waals surface area contributed by atoms with E-state index in [2.05, 4.69) is 0 Å². The standard InChI is InChI=1S/C9H20N2O4S2/c1-8(2)7-16(12,13)11-5-3-4-9(6-11)17(10,14)15/h8-9H,3-7H2,1-2H3,(H2,10,14,15). The van der Waals surface area contributed by atoms with E-state index in [9.17, 15) is 16.8 Å². The Labute approximate surface area is 103 Å². The molecule has 102 valence electrons. The molecule has 1 atom stereocenters. The summed E-state index contributed by atoms with van der Waals surface area (Å²) in [6, 6.07) is 0. The molecule has 1 aliphatic heterocycles. The van der Waals surface area contributed by atoms with Crippen LogP contribution in [0.2, 0.25) is 0 Å². The van der Waals surface area contributed by atoms with Gasteiger partial charge >= 0.3 is 0 Å². The van der Waals surface area contributed by atoms with Gasteiger partial charge in [-0.15, -0.1) is 0 Å². The molecule has 0 aromatic carbocycles. The van der Waals surface area contributed by atoms with Crippen molar-refractivity contribution in [2.24, 2.45) is 11.1 Å². The van der Waals surface area contributed by atoms with Crippen LogP contribution >= 0.6 is 0 Å². The Bertz CT molecular complexity index is 455. The summed E-state index contributed by atoms with van der Waals surface area (Å²) in [4.78, 5) is 0. The van der Waals surface area contributed by atoms with Crippen molar-refractivity contribution >= 4 is 20.0 Å². The van der Waals surface area contributed by atoms with Gasteiger partial charge in [0.25, 0.3) is 0 Å². The summed E-state index contributed by atoms with van der Waals surface area (Å²) in [6.07, 6.45) is 0.977. The summed E-state index contributed by atoms with van der Waals surface area (Å²) in [5.41, 5.74) is 0. The van der Waals surface area contributed by atoms with Gasteiger partial charge in [-0.2, -0.15) is 0 Å². The first-order chi connectivity index (χ1) is 7.63. The molecule has 0 aromatic heterocycles. The van der Waals surface area contributed by atoms with Gasteiger partial charge in [-0.25, -0.2) is 26.3 Å². The molecular formula is C9H20N2O4S2. The van der Waals surface area contributed by atoms with Gasteiger partial charge in [-0.1, -0.05) is 13.8 Å². The minimum absolute atomic E-state index is 0.00606. The second-order valence-corrected chi connectivity index (χ2v) is 8.74. The maximum absolute atomic E-state index is 12.0. The van der Waals surface area contributed by atoms with Gasteiger partial charge in [0.1, 0.15) is 0 Å². The van der Waals surface area contributed by atoms with Gasteiger partial charge in [-0.05, 0) is 18.8 Å². The zero-order valence-electron chi connectivity index (χ0n) is 10.2. The van der Waals surface area contributed by atoms with Gasteiger partial charge in [0.05, 0.1) is 11.0 Å². The third-order valence-electron chi connectivity index (χ3n) is 2.74. The zero-order valence-corrected chi connectivity index (χ0v) is 11.8. The fourth-order valence-electron chi connectivity index (χ4n) is 1.95. The number of sulfonamides is 2. The Morgan fingerprint density at radius 2 is 1.88 bits per heavy atom. The lowest BCUT2D eigenvalue weighted by Gasteiger charge is -2.31. The Morgan fingerprint density at radius 3 is 2.35 bits per heavy atom. The van der Waals surface area contributed by atoms with E-state index < -0.39 is 25.3 Å². The Hall–Kier alpha value is -0.180. The van der Waals surface area contributed by atoms with Crippen molar-refractivity contribution in [3.05, 3.63) is 0 Å². The third-order valence-corrected chi connectivity index (χ3v) is 6.26. The highest BCUT2D eigenvalue weighted by Crippen LogP contribution is 2.19. The van der Waals surface area contributed by atoms with E-state index in [1.54, 1.807) is 0 Å². The van der Waals surface area contributed by atoms with Crippen molar-refractivity contribution in [3.63, 3.8) is 0 Å². The zero-order chi connectivity index (χ0) is 13.3. The maximum Gasteiger partial charge on any atom is 0.214 e. The van der Waals surface area contributed by atoms with Crippen LogP contribution in [0.15, 0.2) is 0 Å². The van der Waals surface area contributed by atoms with Gasteiger partial charge < -0.3 is 0 Å². The number of hydrogen-bond acceptors (Lipinski definition) is 4. The fraction of sp³-hybridized carbons (Fsp3) is 1.00. The first-order valence-corrected chi connectivity index (χ1v) is 8.84. The molecule has 17 heavy (non-hydrogen) atoms. The molecule has 0 amide bonds. The summed E-state index contributed by atoms with van der Waals surface area (Å²) in [5, 5.41) is 4.30. The number of primary sulfonamides is 1. The highest BCUT2D eigenvalue weighted by molar-refractivity contribution is 7.90. The number of rotatable bonds is 4. The van der Waals surface area contributed by atoms with Crippen molar-refractivity contribution in [1.82, 2.24) is 4.31 Å². The lowest BCUT2D eigenvalue weighted by atomic mass is 10.2. The smallest absolute Gasteiger partial charge is 0.214 e. The molecule has 8 heteroatoms. The van der Waals surface area contributed by atoms with Gasteiger partial charge in [0.15, 0.2) is 0 Å². The molecule has 6 nitrogen and oxygen atoms in total. The fourth-order valence-corrected chi connectivity index (χ4v) is 4.80. The van der Waals surface area contributed by atoms with E-state index in [0.29, 0.717) is 19.4 Å². The van der Waals surface area contributed by atoms with Gasteiger partial charge in [0.2, 0.25) is 20.0 Å².